The van der Waals surface area contributed by atoms with Gasteiger partial charge in [-0.2, -0.15) is 0 Å². The Hall–Kier alpha value is -2.12. The zero-order valence-corrected chi connectivity index (χ0v) is 15.3. The van der Waals surface area contributed by atoms with Crippen LogP contribution in [-0.2, 0) is 11.8 Å². The van der Waals surface area contributed by atoms with Crippen molar-refractivity contribution in [3.8, 4) is 0 Å². The van der Waals surface area contributed by atoms with Crippen LogP contribution in [0.15, 0.2) is 39.6 Å². The fourth-order valence-corrected chi connectivity index (χ4v) is 3.86. The van der Waals surface area contributed by atoms with Crippen molar-refractivity contribution in [3.63, 3.8) is 0 Å². The maximum Gasteiger partial charge on any atom is 0.271 e. The topological polar surface area (TPSA) is 64.0 Å². The molecule has 0 aliphatic rings. The molecule has 0 aliphatic heterocycles. The highest BCUT2D eigenvalue weighted by atomic mass is 32.2. The van der Waals surface area contributed by atoms with Crippen LogP contribution in [-0.4, -0.2) is 21.2 Å². The normalized spacial score (nSPS) is 11.0. The van der Waals surface area contributed by atoms with E-state index in [9.17, 15) is 9.59 Å². The number of nitrogens with zero attached hydrogens (tertiary/aromatic N) is 2. The second-order valence-electron chi connectivity index (χ2n) is 5.55. The van der Waals surface area contributed by atoms with E-state index in [-0.39, 0.29) is 17.2 Å². The number of nitrogens with one attached hydrogen (secondary N) is 1. The minimum absolute atomic E-state index is 0.0764. The Labute approximate surface area is 147 Å². The molecule has 0 bridgehead atoms. The molecule has 3 aromatic rings. The number of benzene rings is 1. The third-order valence-electron chi connectivity index (χ3n) is 3.65. The molecule has 0 aliphatic carbocycles. The fourth-order valence-electron chi connectivity index (χ4n) is 2.28. The molecule has 3 rings (SSSR count). The molecule has 1 N–H and O–H groups in total. The highest BCUT2D eigenvalue weighted by Gasteiger charge is 2.12. The van der Waals surface area contributed by atoms with Gasteiger partial charge in [0.15, 0.2) is 5.16 Å². The number of thioether (sulfide) groups is 1. The van der Waals surface area contributed by atoms with Gasteiger partial charge in [0, 0.05) is 12.7 Å². The van der Waals surface area contributed by atoms with Gasteiger partial charge in [0.2, 0.25) is 5.91 Å². The first kappa shape index (κ1) is 16.7. The average Bonchev–Trinajstić information content (AvgIpc) is 3.01. The molecule has 0 saturated carbocycles. The minimum atomic E-state index is -0.117. The van der Waals surface area contributed by atoms with Crippen LogP contribution in [0.1, 0.15) is 11.1 Å². The summed E-state index contributed by atoms with van der Waals surface area (Å²) in [5.74, 6) is 0.0805. The first-order valence-electron chi connectivity index (χ1n) is 7.40. The quantitative estimate of drug-likeness (QED) is 0.573. The van der Waals surface area contributed by atoms with Gasteiger partial charge in [-0.3, -0.25) is 14.2 Å². The van der Waals surface area contributed by atoms with E-state index < -0.39 is 0 Å². The summed E-state index contributed by atoms with van der Waals surface area (Å²) in [7, 11) is 1.68. The molecule has 2 aromatic heterocycles. The van der Waals surface area contributed by atoms with Gasteiger partial charge in [0.05, 0.1) is 11.3 Å². The molecule has 1 amide bonds. The molecule has 0 saturated heterocycles. The first-order valence-corrected chi connectivity index (χ1v) is 9.26. The molecule has 0 radical (unpaired) electrons. The lowest BCUT2D eigenvalue weighted by molar-refractivity contribution is -0.113. The van der Waals surface area contributed by atoms with Crippen LogP contribution in [0.3, 0.4) is 0 Å². The fraction of sp³-hybridized carbons (Fsp3) is 0.235. The Balaban J connectivity index is 1.74. The highest BCUT2D eigenvalue weighted by molar-refractivity contribution is 7.99. The van der Waals surface area contributed by atoms with E-state index in [1.807, 2.05) is 43.5 Å². The third-order valence-corrected chi connectivity index (χ3v) is 5.57. The summed E-state index contributed by atoms with van der Waals surface area (Å²) in [6.07, 6.45) is 0. The van der Waals surface area contributed by atoms with Crippen molar-refractivity contribution in [1.82, 2.24) is 9.55 Å². The summed E-state index contributed by atoms with van der Waals surface area (Å²) < 4.78 is 2.14. The molecule has 1 aromatic carbocycles. The van der Waals surface area contributed by atoms with Crippen molar-refractivity contribution in [2.75, 3.05) is 11.1 Å². The number of aromatic nitrogens is 2. The van der Waals surface area contributed by atoms with E-state index in [1.54, 1.807) is 7.05 Å². The van der Waals surface area contributed by atoms with Crippen LogP contribution < -0.4 is 10.9 Å². The smallest absolute Gasteiger partial charge is 0.271 e. The number of rotatable bonds is 4. The van der Waals surface area contributed by atoms with E-state index in [0.29, 0.717) is 15.4 Å². The number of fused-ring (bicyclic) bond motifs is 1. The zero-order chi connectivity index (χ0) is 17.3. The number of aryl methyl sites for hydroxylation is 2. The van der Waals surface area contributed by atoms with Crippen molar-refractivity contribution in [2.45, 2.75) is 19.0 Å². The number of hydrogen-bond donors (Lipinski definition) is 1. The molecule has 7 heteroatoms. The van der Waals surface area contributed by atoms with Gasteiger partial charge in [-0.05, 0) is 42.5 Å². The Morgan fingerprint density at radius 3 is 2.92 bits per heavy atom. The van der Waals surface area contributed by atoms with Crippen LogP contribution in [0.2, 0.25) is 0 Å². The van der Waals surface area contributed by atoms with E-state index >= 15 is 0 Å². The van der Waals surface area contributed by atoms with Gasteiger partial charge in [0.1, 0.15) is 4.70 Å². The Bertz CT molecular complexity index is 976. The van der Waals surface area contributed by atoms with Crippen molar-refractivity contribution in [3.05, 3.63) is 51.1 Å². The first-order chi connectivity index (χ1) is 11.5. The molecule has 124 valence electrons. The molecule has 0 atom stereocenters. The zero-order valence-electron chi connectivity index (χ0n) is 13.6. The molecule has 24 heavy (non-hydrogen) atoms. The Morgan fingerprint density at radius 1 is 1.33 bits per heavy atom. The standard InChI is InChI=1S/C17H17N3O2S2/c1-10-4-5-11(2)13(8-10)18-14(21)9-24-17-19-12-6-7-23-15(12)16(22)20(17)3/h4-8H,9H2,1-3H3,(H,18,21). The van der Waals surface area contributed by atoms with E-state index in [1.165, 1.54) is 27.7 Å². The van der Waals surface area contributed by atoms with Crippen molar-refractivity contribution < 1.29 is 4.79 Å². The van der Waals surface area contributed by atoms with Crippen LogP contribution >= 0.6 is 23.1 Å². The summed E-state index contributed by atoms with van der Waals surface area (Å²) in [6.45, 7) is 3.94. The van der Waals surface area contributed by atoms with Crippen molar-refractivity contribution in [1.29, 1.82) is 0 Å². The summed E-state index contributed by atoms with van der Waals surface area (Å²) in [5.41, 5.74) is 3.53. The Kier molecular flexibility index (Phi) is 4.73. The maximum absolute atomic E-state index is 12.2. The van der Waals surface area contributed by atoms with Gasteiger partial charge < -0.3 is 5.32 Å². The molecular weight excluding hydrogens is 342 g/mol. The molecule has 0 spiro atoms. The predicted molar refractivity (Wildman–Crippen MR) is 100 cm³/mol. The van der Waals surface area contributed by atoms with Crippen LogP contribution in [0, 0.1) is 13.8 Å². The van der Waals surface area contributed by atoms with Crippen LogP contribution in [0.25, 0.3) is 10.2 Å². The van der Waals surface area contributed by atoms with Gasteiger partial charge in [0.25, 0.3) is 5.56 Å². The van der Waals surface area contributed by atoms with E-state index in [2.05, 4.69) is 10.3 Å². The number of amides is 1. The second-order valence-corrected chi connectivity index (χ2v) is 7.41. The number of carbonyl (C=O) groups is 1. The lowest BCUT2D eigenvalue weighted by Gasteiger charge is -2.10. The number of carbonyl (C=O) groups excluding carboxylic acids is 1. The predicted octanol–water partition coefficient (Wildman–Crippen LogP) is 3.34. The van der Waals surface area contributed by atoms with E-state index in [4.69, 9.17) is 0 Å². The molecular formula is C17H17N3O2S2. The maximum atomic E-state index is 12.2. The number of hydrogen-bond acceptors (Lipinski definition) is 5. The molecule has 5 nitrogen and oxygen atoms in total. The second kappa shape index (κ2) is 6.78. The Morgan fingerprint density at radius 2 is 2.12 bits per heavy atom. The third kappa shape index (κ3) is 3.37. The summed E-state index contributed by atoms with van der Waals surface area (Å²) in [4.78, 5) is 28.9. The number of anilines is 1. The van der Waals surface area contributed by atoms with Gasteiger partial charge in [-0.15, -0.1) is 11.3 Å². The largest absolute Gasteiger partial charge is 0.325 e. The molecule has 0 unspecified atom stereocenters. The summed E-state index contributed by atoms with van der Waals surface area (Å²) >= 11 is 2.64. The SMILES string of the molecule is Cc1ccc(C)c(NC(=O)CSc2nc3ccsc3c(=O)n2C)c1. The summed E-state index contributed by atoms with van der Waals surface area (Å²) in [5, 5.41) is 5.31. The molecule has 0 fully saturated rings. The van der Waals surface area contributed by atoms with Gasteiger partial charge in [-0.1, -0.05) is 23.9 Å². The van der Waals surface area contributed by atoms with Crippen molar-refractivity contribution in [2.24, 2.45) is 7.05 Å². The lowest BCUT2D eigenvalue weighted by Crippen LogP contribution is -2.20. The lowest BCUT2D eigenvalue weighted by atomic mass is 10.1. The average molecular weight is 359 g/mol. The highest BCUT2D eigenvalue weighted by Crippen LogP contribution is 2.21. The van der Waals surface area contributed by atoms with Crippen LogP contribution in [0.4, 0.5) is 5.69 Å². The summed E-state index contributed by atoms with van der Waals surface area (Å²) in [6, 6.07) is 7.76. The van der Waals surface area contributed by atoms with Crippen molar-refractivity contribution >= 4 is 44.9 Å². The molecule has 2 heterocycles. The minimum Gasteiger partial charge on any atom is -0.325 e. The monoisotopic (exact) mass is 359 g/mol. The number of thiophene rings is 1. The van der Waals surface area contributed by atoms with Gasteiger partial charge >= 0.3 is 0 Å². The van der Waals surface area contributed by atoms with Gasteiger partial charge in [-0.25, -0.2) is 4.98 Å². The van der Waals surface area contributed by atoms with Crippen LogP contribution in [0.5, 0.6) is 0 Å². The van der Waals surface area contributed by atoms with E-state index in [0.717, 1.165) is 16.8 Å².